The molecule has 3 nitrogen and oxygen atoms in total. The first-order chi connectivity index (χ1) is 5.07. The first-order valence-electron chi connectivity index (χ1n) is 3.71. The molecule has 0 bridgehead atoms. The summed E-state index contributed by atoms with van der Waals surface area (Å²) in [7, 11) is 2.01. The molecule has 11 heavy (non-hydrogen) atoms. The van der Waals surface area contributed by atoms with E-state index in [1.807, 2.05) is 14.0 Å². The van der Waals surface area contributed by atoms with Crippen LogP contribution in [0.1, 0.15) is 13.8 Å². The van der Waals surface area contributed by atoms with Crippen LogP contribution in [0.4, 0.5) is 4.79 Å². The molecule has 0 saturated heterocycles. The summed E-state index contributed by atoms with van der Waals surface area (Å²) >= 11 is 5.10. The average Bonchev–Trinajstić information content (AvgIpc) is 1.98. The monoisotopic (exact) mass is 178 g/mol. The molecule has 1 atom stereocenters. The van der Waals surface area contributed by atoms with E-state index in [2.05, 4.69) is 17.1 Å². The van der Waals surface area contributed by atoms with Crippen LogP contribution in [-0.4, -0.2) is 36.4 Å². The van der Waals surface area contributed by atoms with Gasteiger partial charge < -0.3 is 10.2 Å². The van der Waals surface area contributed by atoms with E-state index in [1.54, 1.807) is 0 Å². The lowest BCUT2D eigenvalue weighted by atomic mass is 10.3. The van der Waals surface area contributed by atoms with Gasteiger partial charge in [0.2, 0.25) is 0 Å². The fourth-order valence-electron chi connectivity index (χ4n) is 0.695. The van der Waals surface area contributed by atoms with Crippen LogP contribution in [0, 0.1) is 0 Å². The molecule has 66 valence electrons. The van der Waals surface area contributed by atoms with Crippen LogP contribution >= 0.6 is 11.6 Å². The molecule has 0 aromatic carbocycles. The summed E-state index contributed by atoms with van der Waals surface area (Å²) < 4.78 is 0. The lowest BCUT2D eigenvalue weighted by Gasteiger charge is -2.22. The van der Waals surface area contributed by atoms with Crippen LogP contribution in [0.5, 0.6) is 0 Å². The molecule has 0 fully saturated rings. The first kappa shape index (κ1) is 10.7. The van der Waals surface area contributed by atoms with Gasteiger partial charge in [-0.3, -0.25) is 4.79 Å². The van der Waals surface area contributed by atoms with Crippen LogP contribution in [0.2, 0.25) is 0 Å². The second kappa shape index (κ2) is 5.38. The van der Waals surface area contributed by atoms with Gasteiger partial charge >= 0.3 is 5.37 Å². The number of carbonyl (C=O) groups excluding carboxylic acids is 1. The Balaban J connectivity index is 3.51. The van der Waals surface area contributed by atoms with Crippen LogP contribution in [-0.2, 0) is 0 Å². The minimum atomic E-state index is -0.485. The maximum Gasteiger partial charge on any atom is 0.313 e. The van der Waals surface area contributed by atoms with E-state index in [0.717, 1.165) is 6.54 Å². The Hall–Kier alpha value is -0.280. The number of nitrogens with one attached hydrogen (secondary N) is 1. The molecule has 0 aliphatic carbocycles. The van der Waals surface area contributed by atoms with Crippen LogP contribution < -0.4 is 5.32 Å². The molecule has 1 unspecified atom stereocenters. The summed E-state index contributed by atoms with van der Waals surface area (Å²) in [5.74, 6) is 0. The molecule has 0 aliphatic heterocycles. The minimum absolute atomic E-state index is 0.336. The molecule has 0 spiro atoms. The highest BCUT2D eigenvalue weighted by Gasteiger charge is 2.06. The van der Waals surface area contributed by atoms with Crippen molar-refractivity contribution in [3.8, 4) is 0 Å². The van der Waals surface area contributed by atoms with Crippen LogP contribution in [0.15, 0.2) is 0 Å². The Kier molecular flexibility index (Phi) is 5.24. The van der Waals surface area contributed by atoms with E-state index in [9.17, 15) is 4.79 Å². The summed E-state index contributed by atoms with van der Waals surface area (Å²) in [6.07, 6.45) is 0. The highest BCUT2D eigenvalue weighted by atomic mass is 35.5. The predicted molar refractivity (Wildman–Crippen MR) is 47.0 cm³/mol. The van der Waals surface area contributed by atoms with Crippen molar-refractivity contribution in [1.29, 1.82) is 0 Å². The molecule has 0 radical (unpaired) electrons. The van der Waals surface area contributed by atoms with Crippen molar-refractivity contribution in [2.45, 2.75) is 19.9 Å². The third kappa shape index (κ3) is 5.04. The van der Waals surface area contributed by atoms with Crippen molar-refractivity contribution < 1.29 is 4.79 Å². The van der Waals surface area contributed by atoms with Gasteiger partial charge in [0.1, 0.15) is 0 Å². The van der Waals surface area contributed by atoms with Gasteiger partial charge in [-0.05, 0) is 32.1 Å². The maximum atomic E-state index is 10.3. The number of halogens is 1. The number of hydrogen-bond acceptors (Lipinski definition) is 2. The molecule has 4 heteroatoms. The standard InChI is InChI=1S/C7H15ClN2O/c1-4-10(3)6(2)5-9-7(8)11/h6H,4-5H2,1-3H3,(H,9,11). The number of carbonyl (C=O) groups is 1. The van der Waals surface area contributed by atoms with E-state index in [1.165, 1.54) is 0 Å². The van der Waals surface area contributed by atoms with Crippen molar-refractivity contribution in [3.05, 3.63) is 0 Å². The number of likely N-dealkylation sites (N-methyl/N-ethyl adjacent to an activating group) is 1. The first-order valence-corrected chi connectivity index (χ1v) is 4.09. The summed E-state index contributed by atoms with van der Waals surface area (Å²) in [6.45, 7) is 5.68. The van der Waals surface area contributed by atoms with Gasteiger partial charge in [-0.2, -0.15) is 0 Å². The molecule has 0 aromatic rings. The van der Waals surface area contributed by atoms with Crippen molar-refractivity contribution in [2.24, 2.45) is 0 Å². The largest absolute Gasteiger partial charge is 0.341 e. The zero-order valence-electron chi connectivity index (χ0n) is 7.22. The van der Waals surface area contributed by atoms with E-state index in [-0.39, 0.29) is 0 Å². The van der Waals surface area contributed by atoms with Crippen molar-refractivity contribution >= 4 is 17.0 Å². The second-order valence-corrected chi connectivity index (χ2v) is 2.92. The summed E-state index contributed by atoms with van der Waals surface area (Å²) in [4.78, 5) is 12.4. The topological polar surface area (TPSA) is 32.3 Å². The minimum Gasteiger partial charge on any atom is -0.341 e. The molecule has 0 aromatic heterocycles. The lowest BCUT2D eigenvalue weighted by Crippen LogP contribution is -2.38. The molecule has 0 aliphatic rings. The molecule has 0 saturated carbocycles. The van der Waals surface area contributed by atoms with E-state index >= 15 is 0 Å². The van der Waals surface area contributed by atoms with Crippen LogP contribution in [0.25, 0.3) is 0 Å². The fraction of sp³-hybridized carbons (Fsp3) is 0.857. The molecule has 0 rings (SSSR count). The third-order valence-electron chi connectivity index (χ3n) is 1.79. The van der Waals surface area contributed by atoms with Crippen molar-refractivity contribution in [1.82, 2.24) is 10.2 Å². The van der Waals surface area contributed by atoms with Crippen molar-refractivity contribution in [2.75, 3.05) is 20.1 Å². The Morgan fingerprint density at radius 1 is 1.73 bits per heavy atom. The fourth-order valence-corrected chi connectivity index (χ4v) is 0.773. The lowest BCUT2D eigenvalue weighted by molar-refractivity contribution is 0.244. The van der Waals surface area contributed by atoms with E-state index in [0.29, 0.717) is 12.6 Å². The SMILES string of the molecule is CCN(C)C(C)CNC(=O)Cl. The number of rotatable bonds is 4. The Morgan fingerprint density at radius 3 is 2.64 bits per heavy atom. The van der Waals surface area contributed by atoms with Gasteiger partial charge in [0, 0.05) is 12.6 Å². The van der Waals surface area contributed by atoms with Gasteiger partial charge in [-0.15, -0.1) is 0 Å². The highest BCUT2D eigenvalue weighted by Crippen LogP contribution is 1.92. The Bertz CT molecular complexity index is 130. The molecule has 0 heterocycles. The Morgan fingerprint density at radius 2 is 2.27 bits per heavy atom. The smallest absolute Gasteiger partial charge is 0.313 e. The number of amides is 1. The predicted octanol–water partition coefficient (Wildman–Crippen LogP) is 1.28. The Labute approximate surface area is 72.7 Å². The molecular weight excluding hydrogens is 164 g/mol. The second-order valence-electron chi connectivity index (χ2n) is 2.58. The van der Waals surface area contributed by atoms with Gasteiger partial charge in [-0.25, -0.2) is 0 Å². The molecular formula is C7H15ClN2O. The van der Waals surface area contributed by atoms with Crippen molar-refractivity contribution in [3.63, 3.8) is 0 Å². The van der Waals surface area contributed by atoms with Gasteiger partial charge in [0.15, 0.2) is 0 Å². The molecule has 1 amide bonds. The summed E-state index contributed by atoms with van der Waals surface area (Å²) in [6, 6.07) is 0.336. The van der Waals surface area contributed by atoms with E-state index < -0.39 is 5.37 Å². The van der Waals surface area contributed by atoms with Gasteiger partial charge in [0.25, 0.3) is 0 Å². The quantitative estimate of drug-likeness (QED) is 0.520. The molecule has 1 N–H and O–H groups in total. The average molecular weight is 179 g/mol. The normalized spacial score (nSPS) is 13.2. The maximum absolute atomic E-state index is 10.3. The number of hydrogen-bond donors (Lipinski definition) is 1. The number of nitrogens with zero attached hydrogens (tertiary/aromatic N) is 1. The zero-order valence-corrected chi connectivity index (χ0v) is 7.98. The summed E-state index contributed by atoms with van der Waals surface area (Å²) in [5.41, 5.74) is 0. The van der Waals surface area contributed by atoms with E-state index in [4.69, 9.17) is 11.6 Å². The van der Waals surface area contributed by atoms with Gasteiger partial charge in [-0.1, -0.05) is 6.92 Å². The zero-order chi connectivity index (χ0) is 8.85. The van der Waals surface area contributed by atoms with Crippen LogP contribution in [0.3, 0.4) is 0 Å². The van der Waals surface area contributed by atoms with Gasteiger partial charge in [0.05, 0.1) is 0 Å². The third-order valence-corrected chi connectivity index (χ3v) is 1.92. The highest BCUT2D eigenvalue weighted by molar-refractivity contribution is 6.62. The summed E-state index contributed by atoms with van der Waals surface area (Å²) in [5, 5.41) is 2.06.